The topological polar surface area (TPSA) is 102 Å². The molecule has 1 heterocycles. The lowest BCUT2D eigenvalue weighted by atomic mass is 10.1. The monoisotopic (exact) mass is 492 g/mol. The Kier molecular flexibility index (Phi) is 11.4. The molecule has 2 rings (SSSR count). The van der Waals surface area contributed by atoms with E-state index in [0.29, 0.717) is 36.9 Å². The first-order chi connectivity index (χ1) is 17.2. The van der Waals surface area contributed by atoms with Crippen molar-refractivity contribution in [2.75, 3.05) is 31.6 Å². The highest BCUT2D eigenvalue weighted by molar-refractivity contribution is 6.01. The van der Waals surface area contributed by atoms with E-state index >= 15 is 0 Å². The van der Waals surface area contributed by atoms with Crippen LogP contribution in [0.5, 0.6) is 11.6 Å². The molecule has 0 unspecified atom stereocenters. The minimum atomic E-state index is 0.185. The molecule has 194 valence electrons. The molecule has 0 aliphatic rings. The van der Waals surface area contributed by atoms with Crippen LogP contribution < -0.4 is 15.4 Å². The van der Waals surface area contributed by atoms with Crippen LogP contribution in [0.15, 0.2) is 52.7 Å². The molecule has 8 heteroatoms. The number of nitrogens with two attached hydrogens (primary N) is 1. The Balaban J connectivity index is 2.35. The van der Waals surface area contributed by atoms with Gasteiger partial charge in [-0.15, -0.1) is 0 Å². The normalized spacial score (nSPS) is 12.7. The van der Waals surface area contributed by atoms with Crippen molar-refractivity contribution in [3.05, 3.63) is 58.8 Å². The van der Waals surface area contributed by atoms with E-state index in [9.17, 15) is 5.26 Å². The molecule has 0 aliphatic heterocycles. The summed E-state index contributed by atoms with van der Waals surface area (Å²) in [4.78, 5) is 6.73. The molecule has 2 N–H and O–H groups in total. The number of aliphatic imine (C=N–C) groups is 1. The lowest BCUT2D eigenvalue weighted by molar-refractivity contribution is 0.0845. The number of aromatic nitrogens is 2. The van der Waals surface area contributed by atoms with E-state index < -0.39 is 0 Å². The Morgan fingerprint density at radius 2 is 2.06 bits per heavy atom. The first kappa shape index (κ1) is 28.8. The number of ether oxygens (including phenoxy) is 2. The molecule has 0 saturated heterocycles. The summed E-state index contributed by atoms with van der Waals surface area (Å²) in [7, 11) is 3.80. The fourth-order valence-electron chi connectivity index (χ4n) is 3.35. The molecule has 0 saturated carbocycles. The van der Waals surface area contributed by atoms with Crippen molar-refractivity contribution in [3.8, 4) is 17.7 Å². The fourth-order valence-corrected chi connectivity index (χ4v) is 3.35. The van der Waals surface area contributed by atoms with Crippen LogP contribution in [0.1, 0.15) is 58.6 Å². The molecule has 0 atom stereocenters. The average Bonchev–Trinajstić information content (AvgIpc) is 3.22. The summed E-state index contributed by atoms with van der Waals surface area (Å²) in [5.41, 5.74) is 10.2. The van der Waals surface area contributed by atoms with Crippen molar-refractivity contribution in [1.82, 2.24) is 9.78 Å². The van der Waals surface area contributed by atoms with Gasteiger partial charge in [0.05, 0.1) is 24.3 Å². The number of anilines is 1. The summed E-state index contributed by atoms with van der Waals surface area (Å²) in [6.07, 6.45) is 5.91. The number of hydrogen-bond acceptors (Lipinski definition) is 7. The van der Waals surface area contributed by atoms with Crippen LogP contribution in [-0.4, -0.2) is 48.3 Å². The third-order valence-corrected chi connectivity index (χ3v) is 5.65. The van der Waals surface area contributed by atoms with E-state index in [1.54, 1.807) is 16.8 Å². The quantitative estimate of drug-likeness (QED) is 0.299. The second kappa shape index (κ2) is 14.2. The van der Waals surface area contributed by atoms with Gasteiger partial charge in [0.15, 0.2) is 5.82 Å². The zero-order chi connectivity index (χ0) is 26.7. The first-order valence-electron chi connectivity index (χ1n) is 12.4. The number of nitrogens with zero attached hydrogens (tertiary/aromatic N) is 5. The lowest BCUT2D eigenvalue weighted by Gasteiger charge is -2.16. The van der Waals surface area contributed by atoms with Crippen LogP contribution in [0.4, 0.5) is 5.82 Å². The van der Waals surface area contributed by atoms with Gasteiger partial charge in [0.2, 0.25) is 5.88 Å². The Morgan fingerprint density at radius 3 is 2.69 bits per heavy atom. The van der Waals surface area contributed by atoms with Gasteiger partial charge >= 0.3 is 0 Å². The van der Waals surface area contributed by atoms with Crippen molar-refractivity contribution in [2.24, 2.45) is 17.8 Å². The second-order valence-corrected chi connectivity index (χ2v) is 9.03. The molecule has 36 heavy (non-hydrogen) atoms. The smallest absolute Gasteiger partial charge is 0.219 e. The predicted octanol–water partition coefficient (Wildman–Crippen LogP) is 5.34. The number of allylic oxidation sites excluding steroid dienone is 2. The van der Waals surface area contributed by atoms with E-state index in [-0.39, 0.29) is 6.10 Å². The summed E-state index contributed by atoms with van der Waals surface area (Å²) in [6, 6.07) is 9.42. The van der Waals surface area contributed by atoms with Gasteiger partial charge in [-0.05, 0) is 70.9 Å². The molecule has 0 spiro atoms. The number of nitriles is 1. The van der Waals surface area contributed by atoms with Gasteiger partial charge in [-0.1, -0.05) is 18.6 Å². The average molecular weight is 493 g/mol. The van der Waals surface area contributed by atoms with E-state index in [1.165, 1.54) is 5.57 Å². The third kappa shape index (κ3) is 8.67. The largest absolute Gasteiger partial charge is 0.438 e. The Morgan fingerprint density at radius 1 is 1.31 bits per heavy atom. The van der Waals surface area contributed by atoms with Gasteiger partial charge in [-0.3, -0.25) is 4.99 Å². The number of benzene rings is 1. The molecule has 0 bridgehead atoms. The van der Waals surface area contributed by atoms with Crippen molar-refractivity contribution in [1.29, 1.82) is 5.26 Å². The van der Waals surface area contributed by atoms with E-state index in [4.69, 9.17) is 20.2 Å². The number of likely N-dealkylation sites (N-methyl/N-ethyl adjacent to an activating group) is 1. The Labute approximate surface area is 215 Å². The zero-order valence-electron chi connectivity index (χ0n) is 22.7. The van der Waals surface area contributed by atoms with E-state index in [0.717, 1.165) is 35.5 Å². The SMILES string of the molecule is CC/C(C)=C/C(=C\N=C(/C)c1ccc(C#N)cc1Oc1cc(N(C)CCOC(C)C)nn1C)CCN. The van der Waals surface area contributed by atoms with Gasteiger partial charge in [0.1, 0.15) is 5.75 Å². The minimum absolute atomic E-state index is 0.185. The zero-order valence-corrected chi connectivity index (χ0v) is 22.7. The molecule has 8 nitrogen and oxygen atoms in total. The molecular formula is C28H40N6O2. The van der Waals surface area contributed by atoms with Crippen LogP contribution in [0.2, 0.25) is 0 Å². The molecule has 0 amide bonds. The van der Waals surface area contributed by atoms with Crippen molar-refractivity contribution >= 4 is 11.5 Å². The number of aryl methyl sites for hydroxylation is 1. The highest BCUT2D eigenvalue weighted by Gasteiger charge is 2.15. The first-order valence-corrected chi connectivity index (χ1v) is 12.4. The van der Waals surface area contributed by atoms with Gasteiger partial charge < -0.3 is 20.1 Å². The molecule has 0 fully saturated rings. The van der Waals surface area contributed by atoms with Crippen molar-refractivity contribution in [2.45, 2.75) is 53.6 Å². The van der Waals surface area contributed by atoms with Gasteiger partial charge in [0.25, 0.3) is 0 Å². The molecule has 0 aliphatic carbocycles. The summed E-state index contributed by atoms with van der Waals surface area (Å²) >= 11 is 0. The highest BCUT2D eigenvalue weighted by Crippen LogP contribution is 2.29. The molecule has 0 radical (unpaired) electrons. The van der Waals surface area contributed by atoms with Crippen LogP contribution >= 0.6 is 0 Å². The number of hydrogen-bond donors (Lipinski definition) is 1. The van der Waals surface area contributed by atoms with Crippen LogP contribution in [0, 0.1) is 11.3 Å². The summed E-state index contributed by atoms with van der Waals surface area (Å²) in [5.74, 6) is 1.88. The van der Waals surface area contributed by atoms with Gasteiger partial charge in [-0.25, -0.2) is 4.68 Å². The second-order valence-electron chi connectivity index (χ2n) is 9.03. The Hall–Kier alpha value is -3.41. The van der Waals surface area contributed by atoms with Crippen molar-refractivity contribution in [3.63, 3.8) is 0 Å². The summed E-state index contributed by atoms with van der Waals surface area (Å²) < 4.78 is 13.6. The molecule has 1 aromatic carbocycles. The van der Waals surface area contributed by atoms with Gasteiger partial charge in [0, 0.05) is 44.2 Å². The molecule has 1 aromatic heterocycles. The maximum Gasteiger partial charge on any atom is 0.219 e. The van der Waals surface area contributed by atoms with Crippen LogP contribution in [0.25, 0.3) is 0 Å². The number of rotatable bonds is 13. The maximum atomic E-state index is 9.45. The lowest BCUT2D eigenvalue weighted by Crippen LogP contribution is -2.24. The molecular weight excluding hydrogens is 452 g/mol. The van der Waals surface area contributed by atoms with Gasteiger partial charge in [-0.2, -0.15) is 10.4 Å². The maximum absolute atomic E-state index is 9.45. The molecule has 2 aromatic rings. The van der Waals surface area contributed by atoms with Crippen molar-refractivity contribution < 1.29 is 9.47 Å². The standard InChI is InChI=1S/C28H40N6O2/c1-8-21(4)15-24(11-12-29)19-31-22(5)25-10-9-23(18-30)16-26(25)36-28-17-27(32-34(28)7)33(6)13-14-35-20(2)3/h9-10,15-17,19-20H,8,11-14,29H2,1-7H3/b21-15+,24-19-,31-22+. The summed E-state index contributed by atoms with van der Waals surface area (Å²) in [5, 5.41) is 14.0. The van der Waals surface area contributed by atoms with E-state index in [1.807, 2.05) is 58.1 Å². The predicted molar refractivity (Wildman–Crippen MR) is 147 cm³/mol. The Bertz CT molecular complexity index is 1140. The summed E-state index contributed by atoms with van der Waals surface area (Å²) in [6.45, 7) is 12.1. The van der Waals surface area contributed by atoms with Crippen LogP contribution in [0.3, 0.4) is 0 Å². The third-order valence-electron chi connectivity index (χ3n) is 5.65. The fraction of sp³-hybridized carbons (Fsp3) is 0.464. The minimum Gasteiger partial charge on any atom is -0.438 e. The van der Waals surface area contributed by atoms with E-state index in [2.05, 4.69) is 31.1 Å². The van der Waals surface area contributed by atoms with Crippen LogP contribution in [-0.2, 0) is 11.8 Å². The highest BCUT2D eigenvalue weighted by atomic mass is 16.5.